The molecule has 3 fully saturated rings. The third kappa shape index (κ3) is 0.569. The van der Waals surface area contributed by atoms with Crippen LogP contribution >= 0.6 is 0 Å². The van der Waals surface area contributed by atoms with Crippen LogP contribution in [0.2, 0.25) is 0 Å². The van der Waals surface area contributed by atoms with Gasteiger partial charge in [0.05, 0.1) is 11.1 Å². The second-order valence-electron chi connectivity index (χ2n) is 4.85. The maximum absolute atomic E-state index is 11.8. The Morgan fingerprint density at radius 3 is 2.00 bits per heavy atom. The average Bonchev–Trinajstić information content (AvgIpc) is 2.81. The van der Waals surface area contributed by atoms with Crippen molar-refractivity contribution in [2.45, 2.75) is 43.2 Å². The highest BCUT2D eigenvalue weighted by atomic mass is 16.2. The molecular formula is C10H16N2O. The lowest BCUT2D eigenvalue weighted by Gasteiger charge is -2.28. The minimum Gasteiger partial charge on any atom is -0.320 e. The van der Waals surface area contributed by atoms with Gasteiger partial charge in [0.15, 0.2) is 0 Å². The van der Waals surface area contributed by atoms with Gasteiger partial charge < -0.3 is 9.80 Å². The minimum atomic E-state index is 0.230. The van der Waals surface area contributed by atoms with Gasteiger partial charge in [-0.2, -0.15) is 0 Å². The summed E-state index contributed by atoms with van der Waals surface area (Å²) in [6.45, 7) is 0. The molecular weight excluding hydrogens is 164 g/mol. The van der Waals surface area contributed by atoms with E-state index in [0.717, 1.165) is 0 Å². The van der Waals surface area contributed by atoms with Gasteiger partial charge in [0.1, 0.15) is 0 Å². The summed E-state index contributed by atoms with van der Waals surface area (Å²) in [5, 5.41) is 0. The highest BCUT2D eigenvalue weighted by Crippen LogP contribution is 2.67. The molecule has 3 nitrogen and oxygen atoms in total. The molecule has 1 saturated heterocycles. The van der Waals surface area contributed by atoms with Gasteiger partial charge in [0.25, 0.3) is 0 Å². The SMILES string of the molecule is CN1C(=O)N(C)C23CCCCC12C3. The molecule has 0 aromatic rings. The summed E-state index contributed by atoms with van der Waals surface area (Å²) in [7, 11) is 3.94. The number of carbonyl (C=O) groups is 1. The molecule has 0 spiro atoms. The van der Waals surface area contributed by atoms with E-state index in [2.05, 4.69) is 0 Å². The molecule has 3 aliphatic rings. The summed E-state index contributed by atoms with van der Waals surface area (Å²) >= 11 is 0. The van der Waals surface area contributed by atoms with Gasteiger partial charge in [-0.15, -0.1) is 0 Å². The number of hydrogen-bond donors (Lipinski definition) is 0. The van der Waals surface area contributed by atoms with Crippen LogP contribution in [0, 0.1) is 0 Å². The van der Waals surface area contributed by atoms with Crippen LogP contribution in [-0.2, 0) is 0 Å². The number of nitrogens with zero attached hydrogens (tertiary/aromatic N) is 2. The number of hydrogen-bond acceptors (Lipinski definition) is 1. The molecule has 2 amide bonds. The van der Waals surface area contributed by atoms with Gasteiger partial charge in [0.2, 0.25) is 0 Å². The normalized spacial score (nSPS) is 47.7. The Bertz CT molecular complexity index is 265. The number of amides is 2. The first-order valence-corrected chi connectivity index (χ1v) is 5.16. The van der Waals surface area contributed by atoms with Gasteiger partial charge in [0, 0.05) is 14.1 Å². The molecule has 2 atom stereocenters. The second-order valence-corrected chi connectivity index (χ2v) is 4.85. The van der Waals surface area contributed by atoms with Crippen molar-refractivity contribution < 1.29 is 4.79 Å². The van der Waals surface area contributed by atoms with E-state index >= 15 is 0 Å². The van der Waals surface area contributed by atoms with Crippen LogP contribution in [0.4, 0.5) is 4.79 Å². The quantitative estimate of drug-likeness (QED) is 0.553. The maximum atomic E-state index is 11.8. The van der Waals surface area contributed by atoms with Crippen molar-refractivity contribution in [2.24, 2.45) is 0 Å². The fraction of sp³-hybridized carbons (Fsp3) is 0.900. The first-order chi connectivity index (χ1) is 6.14. The number of rotatable bonds is 0. The molecule has 0 aromatic heterocycles. The fourth-order valence-electron chi connectivity index (χ4n) is 3.70. The summed E-state index contributed by atoms with van der Waals surface area (Å²) in [6, 6.07) is 0.230. The zero-order valence-electron chi connectivity index (χ0n) is 8.34. The molecule has 13 heavy (non-hydrogen) atoms. The maximum Gasteiger partial charge on any atom is 0.320 e. The predicted molar refractivity (Wildman–Crippen MR) is 49.5 cm³/mol. The highest BCUT2D eigenvalue weighted by molar-refractivity contribution is 5.82. The van der Waals surface area contributed by atoms with Gasteiger partial charge in [-0.1, -0.05) is 12.8 Å². The molecule has 2 saturated carbocycles. The molecule has 3 rings (SSSR count). The van der Waals surface area contributed by atoms with E-state index < -0.39 is 0 Å². The van der Waals surface area contributed by atoms with E-state index in [9.17, 15) is 4.79 Å². The standard InChI is InChI=1S/C10H16N2O/c1-11-8(13)12(2)10-6-4-3-5-9(10,11)7-10/h3-7H2,1-2H3. The Kier molecular flexibility index (Phi) is 1.10. The topological polar surface area (TPSA) is 23.6 Å². The first kappa shape index (κ1) is 7.65. The summed E-state index contributed by atoms with van der Waals surface area (Å²) in [5.74, 6) is 0. The lowest BCUT2D eigenvalue weighted by Crippen LogP contribution is -2.37. The molecule has 0 N–H and O–H groups in total. The van der Waals surface area contributed by atoms with Crippen molar-refractivity contribution >= 4 is 6.03 Å². The Morgan fingerprint density at radius 2 is 1.54 bits per heavy atom. The van der Waals surface area contributed by atoms with E-state index in [0.29, 0.717) is 0 Å². The lowest BCUT2D eigenvalue weighted by atomic mass is 9.91. The average molecular weight is 180 g/mol. The van der Waals surface area contributed by atoms with Gasteiger partial charge in [-0.3, -0.25) is 0 Å². The van der Waals surface area contributed by atoms with Crippen LogP contribution in [-0.4, -0.2) is 41.0 Å². The number of carbonyl (C=O) groups excluding carboxylic acids is 1. The molecule has 1 heterocycles. The van der Waals surface area contributed by atoms with Crippen molar-refractivity contribution in [3.8, 4) is 0 Å². The van der Waals surface area contributed by atoms with Crippen molar-refractivity contribution in [2.75, 3.05) is 14.1 Å². The monoisotopic (exact) mass is 180 g/mol. The largest absolute Gasteiger partial charge is 0.320 e. The molecule has 0 radical (unpaired) electrons. The summed E-state index contributed by atoms with van der Waals surface area (Å²) in [5.41, 5.74) is 0.494. The predicted octanol–water partition coefficient (Wildman–Crippen LogP) is 1.44. The smallest absolute Gasteiger partial charge is 0.320 e. The Morgan fingerprint density at radius 1 is 1.08 bits per heavy atom. The van der Waals surface area contributed by atoms with Crippen LogP contribution in [0.3, 0.4) is 0 Å². The van der Waals surface area contributed by atoms with Gasteiger partial charge >= 0.3 is 6.03 Å². The number of likely N-dealkylation sites (N-methyl/N-ethyl adjacent to an activating group) is 2. The molecule has 0 aromatic carbocycles. The zero-order valence-corrected chi connectivity index (χ0v) is 8.34. The minimum absolute atomic E-state index is 0.230. The van der Waals surface area contributed by atoms with Gasteiger partial charge in [-0.25, -0.2) is 4.79 Å². The van der Waals surface area contributed by atoms with Crippen LogP contribution in [0.5, 0.6) is 0 Å². The van der Waals surface area contributed by atoms with Crippen LogP contribution in [0.1, 0.15) is 32.1 Å². The molecule has 2 unspecified atom stereocenters. The van der Waals surface area contributed by atoms with E-state index in [-0.39, 0.29) is 17.1 Å². The molecule has 2 aliphatic carbocycles. The zero-order chi connectivity index (χ0) is 9.27. The molecule has 0 bridgehead atoms. The Labute approximate surface area is 78.7 Å². The molecule has 1 aliphatic heterocycles. The summed E-state index contributed by atoms with van der Waals surface area (Å²) < 4.78 is 0. The summed E-state index contributed by atoms with van der Waals surface area (Å²) in [4.78, 5) is 15.7. The fourth-order valence-corrected chi connectivity index (χ4v) is 3.70. The van der Waals surface area contributed by atoms with Crippen molar-refractivity contribution in [1.29, 1.82) is 0 Å². The second kappa shape index (κ2) is 1.86. The van der Waals surface area contributed by atoms with E-state index in [1.54, 1.807) is 0 Å². The Balaban J connectivity index is 2.05. The van der Waals surface area contributed by atoms with Crippen LogP contribution in [0.25, 0.3) is 0 Å². The van der Waals surface area contributed by atoms with Crippen molar-refractivity contribution in [3.63, 3.8) is 0 Å². The lowest BCUT2D eigenvalue weighted by molar-refractivity contribution is 0.180. The van der Waals surface area contributed by atoms with E-state index in [1.807, 2.05) is 23.9 Å². The van der Waals surface area contributed by atoms with E-state index in [1.165, 1.54) is 32.1 Å². The highest BCUT2D eigenvalue weighted by Gasteiger charge is 2.78. The number of urea groups is 1. The van der Waals surface area contributed by atoms with Crippen LogP contribution in [0.15, 0.2) is 0 Å². The third-order valence-corrected chi connectivity index (χ3v) is 4.61. The molecule has 3 heteroatoms. The van der Waals surface area contributed by atoms with Crippen LogP contribution < -0.4 is 0 Å². The van der Waals surface area contributed by atoms with Crippen molar-refractivity contribution in [1.82, 2.24) is 9.80 Å². The summed E-state index contributed by atoms with van der Waals surface area (Å²) in [6.07, 6.45) is 6.26. The Hall–Kier alpha value is -0.730. The van der Waals surface area contributed by atoms with Crippen molar-refractivity contribution in [3.05, 3.63) is 0 Å². The molecule has 72 valence electrons. The van der Waals surface area contributed by atoms with E-state index in [4.69, 9.17) is 0 Å². The van der Waals surface area contributed by atoms with Gasteiger partial charge in [-0.05, 0) is 19.3 Å². The third-order valence-electron chi connectivity index (χ3n) is 4.61. The first-order valence-electron chi connectivity index (χ1n) is 5.16.